The lowest BCUT2D eigenvalue weighted by molar-refractivity contribution is -0.274. The van der Waals surface area contributed by atoms with Crippen molar-refractivity contribution < 1.29 is 27.4 Å². The van der Waals surface area contributed by atoms with Gasteiger partial charge in [0.2, 0.25) is 0 Å². The molecule has 0 aliphatic carbocycles. The first-order valence-electron chi connectivity index (χ1n) is 7.82. The third kappa shape index (κ3) is 6.89. The summed E-state index contributed by atoms with van der Waals surface area (Å²) in [6.07, 6.45) is -4.72. The average Bonchev–Trinajstić information content (AvgIpc) is 2.64. The largest absolute Gasteiger partial charge is 0.573 e. The fourth-order valence-corrected chi connectivity index (χ4v) is 2.10. The number of guanidine groups is 1. The van der Waals surface area contributed by atoms with Gasteiger partial charge in [0.15, 0.2) is 5.96 Å². The van der Waals surface area contributed by atoms with Crippen LogP contribution in [0.4, 0.5) is 13.2 Å². The van der Waals surface area contributed by atoms with Crippen molar-refractivity contribution >= 4 is 11.9 Å². The predicted molar refractivity (Wildman–Crippen MR) is 93.1 cm³/mol. The van der Waals surface area contributed by atoms with Crippen LogP contribution in [-0.2, 0) is 17.8 Å². The van der Waals surface area contributed by atoms with Gasteiger partial charge in [0.1, 0.15) is 5.75 Å². The molecule has 2 aromatic carbocycles. The number of hydrogen-bond donors (Lipinski definition) is 2. The summed E-state index contributed by atoms with van der Waals surface area (Å²) in [6.45, 7) is 0.599. The van der Waals surface area contributed by atoms with Crippen molar-refractivity contribution in [3.05, 3.63) is 65.2 Å². The van der Waals surface area contributed by atoms with Gasteiger partial charge in [-0.1, -0.05) is 24.3 Å². The molecular weight excluding hydrogens is 363 g/mol. The van der Waals surface area contributed by atoms with E-state index in [0.717, 1.165) is 5.56 Å². The van der Waals surface area contributed by atoms with Gasteiger partial charge < -0.3 is 20.5 Å². The molecule has 27 heavy (non-hydrogen) atoms. The van der Waals surface area contributed by atoms with E-state index in [0.29, 0.717) is 17.7 Å². The highest BCUT2D eigenvalue weighted by Gasteiger charge is 2.30. The van der Waals surface area contributed by atoms with Crippen LogP contribution in [0.1, 0.15) is 21.5 Å². The molecule has 0 aliphatic heterocycles. The van der Waals surface area contributed by atoms with E-state index in [-0.39, 0.29) is 18.3 Å². The summed E-state index contributed by atoms with van der Waals surface area (Å²) in [5.41, 5.74) is 7.78. The van der Waals surface area contributed by atoms with Gasteiger partial charge in [0, 0.05) is 6.54 Å². The normalized spacial score (nSPS) is 11.8. The summed E-state index contributed by atoms with van der Waals surface area (Å²) in [5.74, 6) is -0.526. The topological polar surface area (TPSA) is 85.9 Å². The summed E-state index contributed by atoms with van der Waals surface area (Å²) in [7, 11) is 1.31. The molecule has 0 unspecified atom stereocenters. The van der Waals surface area contributed by atoms with E-state index in [2.05, 4.69) is 19.8 Å². The van der Waals surface area contributed by atoms with Crippen LogP contribution in [0, 0.1) is 0 Å². The van der Waals surface area contributed by atoms with Gasteiger partial charge in [0.25, 0.3) is 0 Å². The van der Waals surface area contributed by atoms with Crippen molar-refractivity contribution in [3.63, 3.8) is 0 Å². The lowest BCUT2D eigenvalue weighted by Crippen LogP contribution is -2.31. The summed E-state index contributed by atoms with van der Waals surface area (Å²) >= 11 is 0. The first kappa shape index (κ1) is 20.1. The number of rotatable bonds is 6. The maximum atomic E-state index is 12.1. The molecule has 0 saturated carbocycles. The predicted octanol–water partition coefficient (Wildman–Crippen LogP) is 2.98. The molecule has 0 spiro atoms. The maximum Gasteiger partial charge on any atom is 0.573 e. The Morgan fingerprint density at radius 2 is 1.67 bits per heavy atom. The van der Waals surface area contributed by atoms with Crippen molar-refractivity contribution in [1.29, 1.82) is 0 Å². The summed E-state index contributed by atoms with van der Waals surface area (Å²) in [4.78, 5) is 15.5. The van der Waals surface area contributed by atoms with Crippen LogP contribution in [-0.4, -0.2) is 25.4 Å². The number of esters is 1. The standard InChI is InChI=1S/C18H18F3N3O3/c1-26-16(25)14-6-2-12(3-7-14)10-23-17(22)24-11-13-4-8-15(9-5-13)27-18(19,20)21/h2-9H,10-11H2,1H3,(H3,22,23,24). The zero-order valence-corrected chi connectivity index (χ0v) is 14.4. The van der Waals surface area contributed by atoms with Crippen LogP contribution in [0.5, 0.6) is 5.75 Å². The highest BCUT2D eigenvalue weighted by atomic mass is 19.4. The van der Waals surface area contributed by atoms with Gasteiger partial charge in [-0.2, -0.15) is 0 Å². The minimum atomic E-state index is -4.72. The molecule has 2 rings (SSSR count). The fourth-order valence-electron chi connectivity index (χ4n) is 2.10. The van der Waals surface area contributed by atoms with Crippen molar-refractivity contribution in [1.82, 2.24) is 5.32 Å². The zero-order valence-electron chi connectivity index (χ0n) is 14.4. The van der Waals surface area contributed by atoms with Gasteiger partial charge in [-0.05, 0) is 35.4 Å². The van der Waals surface area contributed by atoms with Crippen LogP contribution in [0.2, 0.25) is 0 Å². The van der Waals surface area contributed by atoms with E-state index in [1.165, 1.54) is 31.4 Å². The first-order chi connectivity index (χ1) is 12.8. The van der Waals surface area contributed by atoms with Crippen molar-refractivity contribution in [2.75, 3.05) is 7.11 Å². The monoisotopic (exact) mass is 381 g/mol. The molecule has 6 nitrogen and oxygen atoms in total. The van der Waals surface area contributed by atoms with E-state index < -0.39 is 12.3 Å². The Morgan fingerprint density at radius 1 is 1.07 bits per heavy atom. The number of nitrogens with one attached hydrogen (secondary N) is 1. The number of aliphatic imine (C=N–C) groups is 1. The van der Waals surface area contributed by atoms with Gasteiger partial charge in [0.05, 0.1) is 19.2 Å². The van der Waals surface area contributed by atoms with E-state index in [4.69, 9.17) is 5.73 Å². The molecular formula is C18H18F3N3O3. The summed E-state index contributed by atoms with van der Waals surface area (Å²) in [6, 6.07) is 12.2. The van der Waals surface area contributed by atoms with Crippen molar-refractivity contribution in [2.45, 2.75) is 19.5 Å². The minimum Gasteiger partial charge on any atom is -0.465 e. The lowest BCUT2D eigenvalue weighted by atomic mass is 10.1. The Labute approximate surface area is 153 Å². The Kier molecular flexibility index (Phi) is 6.64. The number of hydrogen-bond acceptors (Lipinski definition) is 4. The SMILES string of the molecule is COC(=O)c1ccc(CNC(N)=NCc2ccc(OC(F)(F)F)cc2)cc1. The second kappa shape index (κ2) is 8.93. The summed E-state index contributed by atoms with van der Waals surface area (Å²) < 4.78 is 44.7. The van der Waals surface area contributed by atoms with E-state index in [1.54, 1.807) is 24.3 Å². The number of alkyl halides is 3. The zero-order chi connectivity index (χ0) is 19.9. The van der Waals surface area contributed by atoms with E-state index in [1.807, 2.05) is 0 Å². The molecule has 0 atom stereocenters. The molecule has 0 radical (unpaired) electrons. The number of methoxy groups -OCH3 is 1. The first-order valence-corrected chi connectivity index (χ1v) is 7.82. The van der Waals surface area contributed by atoms with Crippen LogP contribution < -0.4 is 15.8 Å². The maximum absolute atomic E-state index is 12.1. The number of nitrogens with two attached hydrogens (primary N) is 1. The fraction of sp³-hybridized carbons (Fsp3) is 0.222. The molecule has 0 aromatic heterocycles. The number of carbonyl (C=O) groups excluding carboxylic acids is 1. The van der Waals surface area contributed by atoms with Crippen LogP contribution in [0.25, 0.3) is 0 Å². The van der Waals surface area contributed by atoms with E-state index in [9.17, 15) is 18.0 Å². The molecule has 0 bridgehead atoms. The van der Waals surface area contributed by atoms with Crippen LogP contribution >= 0.6 is 0 Å². The molecule has 2 aromatic rings. The Balaban J connectivity index is 1.84. The number of halogens is 3. The third-order valence-corrected chi connectivity index (χ3v) is 3.44. The highest BCUT2D eigenvalue weighted by Crippen LogP contribution is 2.22. The molecule has 3 N–H and O–H groups in total. The van der Waals surface area contributed by atoms with Crippen LogP contribution in [0.3, 0.4) is 0 Å². The number of ether oxygens (including phenoxy) is 2. The Hall–Kier alpha value is -3.23. The van der Waals surface area contributed by atoms with Crippen LogP contribution in [0.15, 0.2) is 53.5 Å². The molecule has 0 amide bonds. The van der Waals surface area contributed by atoms with Crippen molar-refractivity contribution in [2.24, 2.45) is 10.7 Å². The minimum absolute atomic E-state index is 0.183. The molecule has 0 aliphatic rings. The van der Waals surface area contributed by atoms with Gasteiger partial charge in [-0.15, -0.1) is 13.2 Å². The lowest BCUT2D eigenvalue weighted by Gasteiger charge is -2.09. The average molecular weight is 381 g/mol. The number of nitrogens with zero attached hydrogens (tertiary/aromatic N) is 1. The summed E-state index contributed by atoms with van der Waals surface area (Å²) in [5, 5.41) is 2.91. The second-order valence-corrected chi connectivity index (χ2v) is 5.44. The van der Waals surface area contributed by atoms with Crippen molar-refractivity contribution in [3.8, 4) is 5.75 Å². The Morgan fingerprint density at radius 3 is 2.22 bits per heavy atom. The Bertz CT molecular complexity index is 788. The molecule has 0 saturated heterocycles. The molecule has 144 valence electrons. The molecule has 0 heterocycles. The highest BCUT2D eigenvalue weighted by molar-refractivity contribution is 5.89. The van der Waals surface area contributed by atoms with Gasteiger partial charge >= 0.3 is 12.3 Å². The number of benzene rings is 2. The molecule has 0 fully saturated rings. The quantitative estimate of drug-likeness (QED) is 0.456. The van der Waals surface area contributed by atoms with E-state index >= 15 is 0 Å². The molecule has 9 heteroatoms. The van der Waals surface area contributed by atoms with Gasteiger partial charge in [-0.3, -0.25) is 0 Å². The second-order valence-electron chi connectivity index (χ2n) is 5.44. The number of carbonyl (C=O) groups is 1. The third-order valence-electron chi connectivity index (χ3n) is 3.44. The smallest absolute Gasteiger partial charge is 0.465 e. The van der Waals surface area contributed by atoms with Gasteiger partial charge in [-0.25, -0.2) is 9.79 Å².